The number of tetrazole rings is 1. The van der Waals surface area contributed by atoms with Crippen molar-refractivity contribution in [2.45, 2.75) is 6.92 Å². The summed E-state index contributed by atoms with van der Waals surface area (Å²) in [5.41, 5.74) is 8.22. The number of nitrogens with two attached hydrogens (primary N) is 1. The largest absolute Gasteiger partial charge is 0.399 e. The van der Waals surface area contributed by atoms with E-state index in [9.17, 15) is 4.39 Å². The average Bonchev–Trinajstić information content (AvgIpc) is 2.87. The molecular weight excluding hydrogens is 257 g/mol. The molecule has 3 aromatic rings. The van der Waals surface area contributed by atoms with Crippen molar-refractivity contribution >= 4 is 5.69 Å². The van der Waals surface area contributed by atoms with E-state index in [2.05, 4.69) is 15.5 Å². The van der Waals surface area contributed by atoms with Gasteiger partial charge in [0, 0.05) is 11.3 Å². The van der Waals surface area contributed by atoms with Gasteiger partial charge < -0.3 is 5.73 Å². The van der Waals surface area contributed by atoms with Gasteiger partial charge in [-0.25, -0.2) is 4.39 Å². The summed E-state index contributed by atoms with van der Waals surface area (Å²) in [6.07, 6.45) is 0. The molecule has 0 aliphatic carbocycles. The van der Waals surface area contributed by atoms with E-state index in [1.165, 1.54) is 10.7 Å². The molecule has 0 bridgehead atoms. The van der Waals surface area contributed by atoms with E-state index in [0.717, 1.165) is 11.1 Å². The highest BCUT2D eigenvalue weighted by Crippen LogP contribution is 2.23. The number of nitrogen functional groups attached to an aromatic ring is 1. The molecule has 0 fully saturated rings. The highest BCUT2D eigenvalue weighted by molar-refractivity contribution is 5.62. The fourth-order valence-electron chi connectivity index (χ4n) is 1.99. The van der Waals surface area contributed by atoms with Gasteiger partial charge in [-0.1, -0.05) is 18.2 Å². The van der Waals surface area contributed by atoms with Crippen LogP contribution in [0.1, 0.15) is 5.56 Å². The Labute approximate surface area is 114 Å². The van der Waals surface area contributed by atoms with Gasteiger partial charge in [0.1, 0.15) is 11.5 Å². The number of hydrogen-bond donors (Lipinski definition) is 1. The Kier molecular flexibility index (Phi) is 2.90. The fourth-order valence-corrected chi connectivity index (χ4v) is 1.99. The van der Waals surface area contributed by atoms with Crippen LogP contribution in [0.5, 0.6) is 0 Å². The minimum atomic E-state index is -0.373. The Morgan fingerprint density at radius 3 is 2.75 bits per heavy atom. The maximum atomic E-state index is 14.0. The molecule has 0 aliphatic rings. The third-order valence-corrected chi connectivity index (χ3v) is 2.95. The molecule has 0 saturated carbocycles. The second kappa shape index (κ2) is 4.73. The highest BCUT2D eigenvalue weighted by atomic mass is 19.1. The van der Waals surface area contributed by atoms with Crippen molar-refractivity contribution in [3.8, 4) is 17.1 Å². The van der Waals surface area contributed by atoms with E-state index < -0.39 is 0 Å². The molecule has 3 rings (SSSR count). The van der Waals surface area contributed by atoms with Crippen LogP contribution in [0, 0.1) is 12.7 Å². The van der Waals surface area contributed by atoms with Crippen molar-refractivity contribution in [3.63, 3.8) is 0 Å². The topological polar surface area (TPSA) is 69.6 Å². The molecule has 0 unspecified atom stereocenters. The number of hydrogen-bond acceptors (Lipinski definition) is 4. The number of aryl methyl sites for hydroxylation is 1. The van der Waals surface area contributed by atoms with Crippen molar-refractivity contribution in [2.75, 3.05) is 5.73 Å². The minimum Gasteiger partial charge on any atom is -0.399 e. The van der Waals surface area contributed by atoms with Gasteiger partial charge in [-0.3, -0.25) is 0 Å². The van der Waals surface area contributed by atoms with Crippen LogP contribution in [0.15, 0.2) is 42.5 Å². The molecule has 0 saturated heterocycles. The first-order valence-corrected chi connectivity index (χ1v) is 6.06. The number of anilines is 1. The SMILES string of the molecule is Cc1ccc(-n2nnnc2-c2cccc(N)c2)c(F)c1. The van der Waals surface area contributed by atoms with E-state index in [1.807, 2.05) is 19.1 Å². The first kappa shape index (κ1) is 12.3. The quantitative estimate of drug-likeness (QED) is 0.725. The molecule has 1 aromatic heterocycles. The predicted molar refractivity (Wildman–Crippen MR) is 73.7 cm³/mol. The van der Waals surface area contributed by atoms with Gasteiger partial charge in [-0.2, -0.15) is 4.68 Å². The Bertz CT molecular complexity index is 766. The molecular formula is C14H12FN5. The van der Waals surface area contributed by atoms with Gasteiger partial charge in [0.05, 0.1) is 0 Å². The van der Waals surface area contributed by atoms with E-state index in [1.54, 1.807) is 24.3 Å². The van der Waals surface area contributed by atoms with Gasteiger partial charge >= 0.3 is 0 Å². The summed E-state index contributed by atoms with van der Waals surface area (Å²) in [4.78, 5) is 0. The molecule has 2 N–H and O–H groups in total. The van der Waals surface area contributed by atoms with Crippen LogP contribution in [-0.2, 0) is 0 Å². The molecule has 0 aliphatic heterocycles. The second-order valence-corrected chi connectivity index (χ2v) is 4.49. The number of rotatable bonds is 2. The van der Waals surface area contributed by atoms with Gasteiger partial charge in [-0.15, -0.1) is 5.10 Å². The monoisotopic (exact) mass is 269 g/mol. The van der Waals surface area contributed by atoms with E-state index in [4.69, 9.17) is 5.73 Å². The van der Waals surface area contributed by atoms with Gasteiger partial charge in [0.25, 0.3) is 0 Å². The minimum absolute atomic E-state index is 0.304. The normalized spacial score (nSPS) is 10.7. The lowest BCUT2D eigenvalue weighted by Gasteiger charge is -2.07. The molecule has 6 heteroatoms. The number of benzene rings is 2. The summed E-state index contributed by atoms with van der Waals surface area (Å²) in [6.45, 7) is 1.82. The molecule has 0 amide bonds. The molecule has 1 heterocycles. The lowest BCUT2D eigenvalue weighted by molar-refractivity contribution is 0.606. The maximum Gasteiger partial charge on any atom is 0.187 e. The van der Waals surface area contributed by atoms with Crippen molar-refractivity contribution in [1.82, 2.24) is 20.2 Å². The third kappa shape index (κ3) is 2.11. The molecule has 2 aromatic carbocycles. The smallest absolute Gasteiger partial charge is 0.187 e. The van der Waals surface area contributed by atoms with Gasteiger partial charge in [0.15, 0.2) is 5.82 Å². The predicted octanol–water partition coefficient (Wildman–Crippen LogP) is 2.36. The van der Waals surface area contributed by atoms with Crippen molar-refractivity contribution in [3.05, 3.63) is 53.8 Å². The summed E-state index contributed by atoms with van der Waals surface area (Å²) >= 11 is 0. The van der Waals surface area contributed by atoms with E-state index >= 15 is 0 Å². The maximum absolute atomic E-state index is 14.0. The molecule has 0 radical (unpaired) electrons. The average molecular weight is 269 g/mol. The molecule has 20 heavy (non-hydrogen) atoms. The molecule has 0 atom stereocenters. The van der Waals surface area contributed by atoms with Crippen molar-refractivity contribution < 1.29 is 4.39 Å². The van der Waals surface area contributed by atoms with Crippen LogP contribution >= 0.6 is 0 Å². The molecule has 0 spiro atoms. The zero-order valence-corrected chi connectivity index (χ0v) is 10.8. The summed E-state index contributed by atoms with van der Waals surface area (Å²) < 4.78 is 15.4. The Balaban J connectivity index is 2.15. The van der Waals surface area contributed by atoms with E-state index in [0.29, 0.717) is 17.2 Å². The lowest BCUT2D eigenvalue weighted by Crippen LogP contribution is -2.03. The molecule has 100 valence electrons. The Morgan fingerprint density at radius 1 is 1.15 bits per heavy atom. The van der Waals surface area contributed by atoms with Crippen LogP contribution in [-0.4, -0.2) is 20.2 Å². The number of nitrogens with zero attached hydrogens (tertiary/aromatic N) is 4. The zero-order valence-electron chi connectivity index (χ0n) is 10.8. The standard InChI is InChI=1S/C14H12FN5/c1-9-5-6-13(12(15)7-9)20-14(17-18-19-20)10-3-2-4-11(16)8-10/h2-8H,16H2,1H3. The number of halogens is 1. The van der Waals surface area contributed by atoms with Crippen LogP contribution in [0.25, 0.3) is 17.1 Å². The third-order valence-electron chi connectivity index (χ3n) is 2.95. The van der Waals surface area contributed by atoms with Gasteiger partial charge in [0.2, 0.25) is 0 Å². The van der Waals surface area contributed by atoms with Crippen LogP contribution < -0.4 is 5.73 Å². The summed E-state index contributed by atoms with van der Waals surface area (Å²) in [5.74, 6) is 0.0718. The second-order valence-electron chi connectivity index (χ2n) is 4.49. The van der Waals surface area contributed by atoms with E-state index in [-0.39, 0.29) is 5.82 Å². The van der Waals surface area contributed by atoms with Crippen LogP contribution in [0.4, 0.5) is 10.1 Å². The fraction of sp³-hybridized carbons (Fsp3) is 0.0714. The Hall–Kier alpha value is -2.76. The zero-order chi connectivity index (χ0) is 14.1. The first-order chi connectivity index (χ1) is 9.65. The number of aromatic nitrogens is 4. The lowest BCUT2D eigenvalue weighted by atomic mass is 10.2. The molecule has 5 nitrogen and oxygen atoms in total. The summed E-state index contributed by atoms with van der Waals surface area (Å²) in [6, 6.07) is 12.0. The van der Waals surface area contributed by atoms with Crippen molar-refractivity contribution in [2.24, 2.45) is 0 Å². The van der Waals surface area contributed by atoms with Gasteiger partial charge in [-0.05, 0) is 47.2 Å². The summed E-state index contributed by atoms with van der Waals surface area (Å²) in [7, 11) is 0. The highest BCUT2D eigenvalue weighted by Gasteiger charge is 2.14. The van der Waals surface area contributed by atoms with Crippen LogP contribution in [0.3, 0.4) is 0 Å². The van der Waals surface area contributed by atoms with Crippen molar-refractivity contribution in [1.29, 1.82) is 0 Å². The van der Waals surface area contributed by atoms with Crippen LogP contribution in [0.2, 0.25) is 0 Å². The Morgan fingerprint density at radius 2 is 2.00 bits per heavy atom. The summed E-state index contributed by atoms with van der Waals surface area (Å²) in [5, 5.41) is 11.4. The first-order valence-electron chi connectivity index (χ1n) is 6.06.